The Morgan fingerprint density at radius 1 is 1.44 bits per heavy atom. The van der Waals surface area contributed by atoms with Crippen molar-refractivity contribution < 1.29 is 14.7 Å². The SMILES string of the molecule is Cc1n[nH]c(=O)c(C(=O)NCC(=O)O)c1C. The Morgan fingerprint density at radius 3 is 2.62 bits per heavy atom. The van der Waals surface area contributed by atoms with Crippen LogP contribution in [0, 0.1) is 13.8 Å². The molecule has 3 N–H and O–H groups in total. The van der Waals surface area contributed by atoms with E-state index in [2.05, 4.69) is 15.5 Å². The summed E-state index contributed by atoms with van der Waals surface area (Å²) in [5, 5.41) is 16.4. The molecule has 0 radical (unpaired) electrons. The number of carbonyl (C=O) groups is 2. The molecule has 1 aromatic heterocycles. The van der Waals surface area contributed by atoms with Gasteiger partial charge < -0.3 is 10.4 Å². The average Bonchev–Trinajstić information content (AvgIpc) is 2.21. The number of H-pyrrole nitrogens is 1. The highest BCUT2D eigenvalue weighted by atomic mass is 16.4. The Morgan fingerprint density at radius 2 is 2.06 bits per heavy atom. The summed E-state index contributed by atoms with van der Waals surface area (Å²) < 4.78 is 0. The van der Waals surface area contributed by atoms with Gasteiger partial charge in [0.05, 0.1) is 5.69 Å². The van der Waals surface area contributed by atoms with Gasteiger partial charge in [-0.15, -0.1) is 0 Å². The Balaban J connectivity index is 3.04. The van der Waals surface area contributed by atoms with Gasteiger partial charge in [0.25, 0.3) is 11.5 Å². The third kappa shape index (κ3) is 2.44. The highest BCUT2D eigenvalue weighted by molar-refractivity contribution is 5.96. The average molecular weight is 225 g/mol. The second-order valence-electron chi connectivity index (χ2n) is 3.21. The second-order valence-corrected chi connectivity index (χ2v) is 3.21. The smallest absolute Gasteiger partial charge is 0.322 e. The zero-order valence-electron chi connectivity index (χ0n) is 8.83. The van der Waals surface area contributed by atoms with Crippen molar-refractivity contribution in [2.24, 2.45) is 0 Å². The van der Waals surface area contributed by atoms with E-state index >= 15 is 0 Å². The van der Waals surface area contributed by atoms with Crippen LogP contribution >= 0.6 is 0 Å². The molecule has 7 heteroatoms. The van der Waals surface area contributed by atoms with Gasteiger partial charge in [-0.25, -0.2) is 5.10 Å². The molecule has 0 aliphatic carbocycles. The zero-order valence-corrected chi connectivity index (χ0v) is 8.83. The molecule has 0 aromatic carbocycles. The molecule has 7 nitrogen and oxygen atoms in total. The number of aromatic amines is 1. The van der Waals surface area contributed by atoms with Gasteiger partial charge >= 0.3 is 5.97 Å². The quantitative estimate of drug-likeness (QED) is 0.623. The Bertz CT molecular complexity index is 492. The van der Waals surface area contributed by atoms with Crippen molar-refractivity contribution in [1.82, 2.24) is 15.5 Å². The van der Waals surface area contributed by atoms with Crippen LogP contribution < -0.4 is 10.9 Å². The summed E-state index contributed by atoms with van der Waals surface area (Å²) in [5.41, 5.74) is 0.214. The minimum absolute atomic E-state index is 0.103. The lowest BCUT2D eigenvalue weighted by molar-refractivity contribution is -0.135. The normalized spacial score (nSPS) is 9.88. The predicted molar refractivity (Wildman–Crippen MR) is 54.3 cm³/mol. The molecule has 1 aromatic rings. The summed E-state index contributed by atoms with van der Waals surface area (Å²) in [7, 11) is 0. The third-order valence-electron chi connectivity index (χ3n) is 2.10. The van der Waals surface area contributed by atoms with Crippen LogP contribution in [-0.2, 0) is 4.79 Å². The van der Waals surface area contributed by atoms with Crippen molar-refractivity contribution in [2.45, 2.75) is 13.8 Å². The Labute approximate surface area is 90.5 Å². The maximum atomic E-state index is 11.5. The number of carboxylic acids is 1. The summed E-state index contributed by atoms with van der Waals surface area (Å²) in [6.07, 6.45) is 0. The van der Waals surface area contributed by atoms with Gasteiger partial charge in [-0.05, 0) is 19.4 Å². The van der Waals surface area contributed by atoms with Crippen LogP contribution in [0.1, 0.15) is 21.6 Å². The van der Waals surface area contributed by atoms with Gasteiger partial charge in [0.1, 0.15) is 12.1 Å². The zero-order chi connectivity index (χ0) is 12.3. The maximum Gasteiger partial charge on any atom is 0.322 e. The van der Waals surface area contributed by atoms with Gasteiger partial charge in [-0.2, -0.15) is 5.10 Å². The number of carbonyl (C=O) groups excluding carboxylic acids is 1. The van der Waals surface area contributed by atoms with E-state index in [0.717, 1.165) is 0 Å². The molecule has 0 bridgehead atoms. The molecule has 0 aliphatic heterocycles. The standard InChI is InChI=1S/C9H11N3O4/c1-4-5(2)11-12-9(16)7(4)8(15)10-3-6(13)14/h3H2,1-2H3,(H,10,15)(H,12,16)(H,13,14). The van der Waals surface area contributed by atoms with Crippen LogP contribution in [-0.4, -0.2) is 33.7 Å². The van der Waals surface area contributed by atoms with Crippen LogP contribution in [0.3, 0.4) is 0 Å². The molecular weight excluding hydrogens is 214 g/mol. The van der Waals surface area contributed by atoms with Crippen LogP contribution in [0.15, 0.2) is 4.79 Å². The topological polar surface area (TPSA) is 112 Å². The number of amides is 1. The first kappa shape index (κ1) is 11.9. The molecule has 0 spiro atoms. The summed E-state index contributed by atoms with van der Waals surface area (Å²) in [6.45, 7) is 2.69. The second kappa shape index (κ2) is 4.56. The molecule has 1 rings (SSSR count). The number of nitrogens with zero attached hydrogens (tertiary/aromatic N) is 1. The monoisotopic (exact) mass is 225 g/mol. The largest absolute Gasteiger partial charge is 0.480 e. The van der Waals surface area contributed by atoms with Gasteiger partial charge in [0, 0.05) is 0 Å². The van der Waals surface area contributed by atoms with E-state index in [4.69, 9.17) is 5.11 Å². The molecule has 1 heterocycles. The fourth-order valence-electron chi connectivity index (χ4n) is 1.14. The minimum Gasteiger partial charge on any atom is -0.480 e. The van der Waals surface area contributed by atoms with Gasteiger partial charge in [-0.3, -0.25) is 14.4 Å². The van der Waals surface area contributed by atoms with E-state index in [9.17, 15) is 14.4 Å². The van der Waals surface area contributed by atoms with Crippen molar-refractivity contribution in [2.75, 3.05) is 6.54 Å². The predicted octanol–water partition coefficient (Wildman–Crippen LogP) is -0.799. The molecule has 0 atom stereocenters. The van der Waals surface area contributed by atoms with Crippen molar-refractivity contribution in [3.63, 3.8) is 0 Å². The highest BCUT2D eigenvalue weighted by Gasteiger charge is 2.16. The lowest BCUT2D eigenvalue weighted by Crippen LogP contribution is -2.34. The summed E-state index contributed by atoms with van der Waals surface area (Å²) in [6, 6.07) is 0. The first-order valence-electron chi connectivity index (χ1n) is 4.49. The number of nitrogens with one attached hydrogen (secondary N) is 2. The maximum absolute atomic E-state index is 11.5. The minimum atomic E-state index is -1.17. The fraction of sp³-hybridized carbons (Fsp3) is 0.333. The van der Waals surface area contributed by atoms with E-state index < -0.39 is 24.0 Å². The van der Waals surface area contributed by atoms with Crippen molar-refractivity contribution >= 4 is 11.9 Å². The molecule has 0 saturated heterocycles. The van der Waals surface area contributed by atoms with Crippen molar-refractivity contribution in [1.29, 1.82) is 0 Å². The summed E-state index contributed by atoms with van der Waals surface area (Å²) in [4.78, 5) is 33.1. The first-order valence-corrected chi connectivity index (χ1v) is 4.49. The van der Waals surface area contributed by atoms with E-state index in [1.165, 1.54) is 0 Å². The van der Waals surface area contributed by atoms with Crippen LogP contribution in [0.5, 0.6) is 0 Å². The number of aliphatic carboxylic acids is 1. The third-order valence-corrected chi connectivity index (χ3v) is 2.10. The van der Waals surface area contributed by atoms with E-state index in [0.29, 0.717) is 11.3 Å². The van der Waals surface area contributed by atoms with Crippen molar-refractivity contribution in [3.8, 4) is 0 Å². The lowest BCUT2D eigenvalue weighted by Gasteiger charge is -2.05. The van der Waals surface area contributed by atoms with Crippen molar-refractivity contribution in [3.05, 3.63) is 27.2 Å². The molecular formula is C9H11N3O4. The first-order chi connectivity index (χ1) is 7.43. The summed E-state index contributed by atoms with van der Waals surface area (Å²) >= 11 is 0. The van der Waals surface area contributed by atoms with Gasteiger partial charge in [0.15, 0.2) is 0 Å². The molecule has 0 fully saturated rings. The Hall–Kier alpha value is -2.18. The number of hydrogen-bond acceptors (Lipinski definition) is 4. The van der Waals surface area contributed by atoms with Gasteiger partial charge in [-0.1, -0.05) is 0 Å². The van der Waals surface area contributed by atoms with Crippen LogP contribution in [0.4, 0.5) is 0 Å². The molecule has 0 aliphatic rings. The van der Waals surface area contributed by atoms with Crippen LogP contribution in [0.2, 0.25) is 0 Å². The Kier molecular flexibility index (Phi) is 3.39. The molecule has 1 amide bonds. The molecule has 86 valence electrons. The number of aryl methyl sites for hydroxylation is 1. The molecule has 16 heavy (non-hydrogen) atoms. The number of aromatic nitrogens is 2. The summed E-state index contributed by atoms with van der Waals surface area (Å²) in [5.74, 6) is -1.89. The number of hydrogen-bond donors (Lipinski definition) is 3. The fourth-order valence-corrected chi connectivity index (χ4v) is 1.14. The van der Waals surface area contributed by atoms with Gasteiger partial charge in [0.2, 0.25) is 0 Å². The number of rotatable bonds is 3. The van der Waals surface area contributed by atoms with E-state index in [1.54, 1.807) is 13.8 Å². The van der Waals surface area contributed by atoms with E-state index in [1.807, 2.05) is 0 Å². The highest BCUT2D eigenvalue weighted by Crippen LogP contribution is 2.04. The lowest BCUT2D eigenvalue weighted by atomic mass is 10.1. The number of carboxylic acid groups (broad SMARTS) is 1. The molecule has 0 unspecified atom stereocenters. The van der Waals surface area contributed by atoms with Crippen LogP contribution in [0.25, 0.3) is 0 Å². The molecule has 0 saturated carbocycles. The van der Waals surface area contributed by atoms with E-state index in [-0.39, 0.29) is 5.56 Å².